The van der Waals surface area contributed by atoms with Crippen LogP contribution in [0.5, 0.6) is 0 Å². The van der Waals surface area contributed by atoms with Crippen LogP contribution in [0.3, 0.4) is 0 Å². The second-order valence-electron chi connectivity index (χ2n) is 8.98. The maximum absolute atomic E-state index is 12.7. The van der Waals surface area contributed by atoms with Crippen LogP contribution in [-0.2, 0) is 0 Å². The zero-order valence-electron chi connectivity index (χ0n) is 20.7. The van der Waals surface area contributed by atoms with Crippen molar-refractivity contribution in [3.8, 4) is 22.8 Å². The molecular formula is C28H21ClN4O5S. The lowest BCUT2D eigenvalue weighted by Gasteiger charge is -2.10. The molecule has 196 valence electrons. The van der Waals surface area contributed by atoms with Gasteiger partial charge in [0.05, 0.1) is 15.5 Å². The smallest absolute Gasteiger partial charge is 0.293 e. The Hall–Kier alpha value is -4.54. The predicted octanol–water partition coefficient (Wildman–Crippen LogP) is 7.57. The van der Waals surface area contributed by atoms with Crippen molar-refractivity contribution in [3.63, 3.8) is 0 Å². The average molecular weight is 561 g/mol. The molecule has 11 heteroatoms. The van der Waals surface area contributed by atoms with Crippen molar-refractivity contribution in [3.05, 3.63) is 99.3 Å². The summed E-state index contributed by atoms with van der Waals surface area (Å²) in [5.41, 5.74) is 4.04. The van der Waals surface area contributed by atoms with E-state index < -0.39 is 10.8 Å². The fourth-order valence-corrected chi connectivity index (χ4v) is 4.31. The van der Waals surface area contributed by atoms with E-state index in [-0.39, 0.29) is 16.6 Å². The van der Waals surface area contributed by atoms with Gasteiger partial charge in [-0.25, -0.2) is 4.98 Å². The molecule has 2 aromatic heterocycles. The zero-order valence-corrected chi connectivity index (χ0v) is 22.3. The number of oxazole rings is 1. The van der Waals surface area contributed by atoms with Crippen LogP contribution in [0.4, 0.5) is 11.4 Å². The van der Waals surface area contributed by atoms with Crippen LogP contribution in [-0.4, -0.2) is 20.9 Å². The monoisotopic (exact) mass is 560 g/mol. The molecule has 0 saturated carbocycles. The lowest BCUT2D eigenvalue weighted by Crippen LogP contribution is -2.33. The number of amides is 1. The Morgan fingerprint density at radius 3 is 2.64 bits per heavy atom. The molecule has 2 N–H and O–H groups in total. The topological polar surface area (TPSA) is 123 Å². The molecule has 5 aromatic rings. The summed E-state index contributed by atoms with van der Waals surface area (Å²) < 4.78 is 11.5. The van der Waals surface area contributed by atoms with Crippen molar-refractivity contribution in [1.82, 2.24) is 10.3 Å². The van der Waals surface area contributed by atoms with E-state index in [4.69, 9.17) is 32.7 Å². The number of thiocarbonyl (C=S) groups is 1. The SMILES string of the molecule is CC(C)c1ccc2oc(-c3cc(NC(=S)NC(=O)c4ccc(-c5cccc([N+](=O)[O-])c5)o4)ccc3Cl)nc2c1. The van der Waals surface area contributed by atoms with E-state index in [0.717, 1.165) is 11.1 Å². The van der Waals surface area contributed by atoms with Gasteiger partial charge in [-0.1, -0.05) is 43.6 Å². The number of nitro benzene ring substituents is 1. The van der Waals surface area contributed by atoms with E-state index in [9.17, 15) is 14.9 Å². The zero-order chi connectivity index (χ0) is 27.7. The Morgan fingerprint density at radius 1 is 1.05 bits per heavy atom. The highest BCUT2D eigenvalue weighted by Crippen LogP contribution is 2.33. The van der Waals surface area contributed by atoms with Crippen molar-refractivity contribution in [2.75, 3.05) is 5.32 Å². The number of hydrogen-bond donors (Lipinski definition) is 2. The quantitative estimate of drug-likeness (QED) is 0.124. The van der Waals surface area contributed by atoms with E-state index in [1.807, 2.05) is 18.2 Å². The van der Waals surface area contributed by atoms with Gasteiger partial charge < -0.3 is 14.2 Å². The highest BCUT2D eigenvalue weighted by atomic mass is 35.5. The number of anilines is 1. The second kappa shape index (κ2) is 10.7. The van der Waals surface area contributed by atoms with Crippen LogP contribution in [0, 0.1) is 10.1 Å². The first-order chi connectivity index (χ1) is 18.7. The normalized spacial score (nSPS) is 11.1. The molecule has 0 unspecified atom stereocenters. The fraction of sp³-hybridized carbons (Fsp3) is 0.107. The number of halogens is 1. The van der Waals surface area contributed by atoms with Crippen molar-refractivity contribution in [1.29, 1.82) is 0 Å². The molecule has 0 aliphatic rings. The number of nitro groups is 1. The molecule has 0 fully saturated rings. The van der Waals surface area contributed by atoms with Gasteiger partial charge in [-0.3, -0.25) is 20.2 Å². The highest BCUT2D eigenvalue weighted by molar-refractivity contribution is 7.80. The van der Waals surface area contributed by atoms with Gasteiger partial charge in [0.2, 0.25) is 5.89 Å². The lowest BCUT2D eigenvalue weighted by atomic mass is 10.0. The summed E-state index contributed by atoms with van der Waals surface area (Å²) in [6, 6.07) is 19.9. The number of fused-ring (bicyclic) bond motifs is 1. The summed E-state index contributed by atoms with van der Waals surface area (Å²) in [4.78, 5) is 27.8. The molecule has 39 heavy (non-hydrogen) atoms. The van der Waals surface area contributed by atoms with Crippen LogP contribution >= 0.6 is 23.8 Å². The Balaban J connectivity index is 1.29. The molecule has 0 aliphatic carbocycles. The van der Waals surface area contributed by atoms with Gasteiger partial charge in [0.25, 0.3) is 11.6 Å². The molecule has 1 amide bonds. The van der Waals surface area contributed by atoms with Crippen LogP contribution in [0.25, 0.3) is 33.9 Å². The Bertz CT molecular complexity index is 1740. The third kappa shape index (κ3) is 5.66. The standard InChI is InChI=1S/C28H21ClN4O5S/c1-15(2)16-6-9-24-22(13-16)31-27(38-24)20-14-18(7-8-21(20)29)30-28(39)32-26(34)25-11-10-23(37-25)17-4-3-5-19(12-17)33(35)36/h3-15H,1-2H3,(H2,30,32,34,39). The molecule has 0 saturated heterocycles. The number of hydrogen-bond acceptors (Lipinski definition) is 7. The molecular weight excluding hydrogens is 540 g/mol. The molecule has 0 aliphatic heterocycles. The van der Waals surface area contributed by atoms with E-state index in [2.05, 4.69) is 29.5 Å². The first kappa shape index (κ1) is 26.1. The van der Waals surface area contributed by atoms with Crippen LogP contribution in [0.2, 0.25) is 5.02 Å². The largest absolute Gasteiger partial charge is 0.451 e. The Kier molecular flexibility index (Phi) is 7.14. The summed E-state index contributed by atoms with van der Waals surface area (Å²) >= 11 is 11.8. The van der Waals surface area contributed by atoms with Gasteiger partial charge in [0, 0.05) is 23.4 Å². The number of carbonyl (C=O) groups is 1. The summed E-state index contributed by atoms with van der Waals surface area (Å²) in [5, 5.41) is 17.0. The number of nitrogens with zero attached hydrogens (tertiary/aromatic N) is 2. The molecule has 0 spiro atoms. The van der Waals surface area contributed by atoms with Gasteiger partial charge in [0.15, 0.2) is 16.5 Å². The van der Waals surface area contributed by atoms with Crippen LogP contribution < -0.4 is 10.6 Å². The molecule has 0 radical (unpaired) electrons. The Labute approximate surface area is 232 Å². The predicted molar refractivity (Wildman–Crippen MR) is 153 cm³/mol. The summed E-state index contributed by atoms with van der Waals surface area (Å²) in [6.07, 6.45) is 0. The van der Waals surface area contributed by atoms with Gasteiger partial charge in [-0.05, 0) is 66.2 Å². The first-order valence-corrected chi connectivity index (χ1v) is 12.6. The van der Waals surface area contributed by atoms with Gasteiger partial charge in [0.1, 0.15) is 11.3 Å². The second-order valence-corrected chi connectivity index (χ2v) is 9.79. The number of non-ortho nitro benzene ring substituents is 1. The molecule has 9 nitrogen and oxygen atoms in total. The van der Waals surface area contributed by atoms with Crippen molar-refractivity contribution in [2.45, 2.75) is 19.8 Å². The summed E-state index contributed by atoms with van der Waals surface area (Å²) in [6.45, 7) is 4.22. The molecule has 5 rings (SSSR count). The number of nitrogens with one attached hydrogen (secondary N) is 2. The molecule has 0 bridgehead atoms. The minimum Gasteiger partial charge on any atom is -0.451 e. The summed E-state index contributed by atoms with van der Waals surface area (Å²) in [7, 11) is 0. The lowest BCUT2D eigenvalue weighted by molar-refractivity contribution is -0.384. The number of rotatable bonds is 6. The van der Waals surface area contributed by atoms with E-state index in [1.54, 1.807) is 36.4 Å². The fourth-order valence-electron chi connectivity index (χ4n) is 3.90. The maximum Gasteiger partial charge on any atom is 0.293 e. The van der Waals surface area contributed by atoms with Crippen LogP contribution in [0.1, 0.15) is 35.9 Å². The minimum absolute atomic E-state index is 0.00954. The Morgan fingerprint density at radius 2 is 1.87 bits per heavy atom. The number of furan rings is 1. The van der Waals surface area contributed by atoms with Crippen molar-refractivity contribution < 1.29 is 18.6 Å². The third-order valence-electron chi connectivity index (χ3n) is 5.93. The van der Waals surface area contributed by atoms with E-state index >= 15 is 0 Å². The molecule has 0 atom stereocenters. The average Bonchev–Trinajstić information content (AvgIpc) is 3.57. The number of benzene rings is 3. The summed E-state index contributed by atoms with van der Waals surface area (Å²) in [5.74, 6) is 0.431. The number of carbonyl (C=O) groups excluding carboxylic acids is 1. The molecule has 2 heterocycles. The molecule has 3 aromatic carbocycles. The highest BCUT2D eigenvalue weighted by Gasteiger charge is 2.17. The number of aromatic nitrogens is 1. The van der Waals surface area contributed by atoms with Gasteiger partial charge >= 0.3 is 0 Å². The van der Waals surface area contributed by atoms with Crippen molar-refractivity contribution in [2.24, 2.45) is 0 Å². The van der Waals surface area contributed by atoms with Crippen molar-refractivity contribution >= 4 is 57.3 Å². The van der Waals surface area contributed by atoms with E-state index in [1.165, 1.54) is 18.2 Å². The first-order valence-electron chi connectivity index (χ1n) is 11.9. The minimum atomic E-state index is -0.585. The third-order valence-corrected chi connectivity index (χ3v) is 6.46. The van der Waals surface area contributed by atoms with Gasteiger partial charge in [-0.2, -0.15) is 0 Å². The van der Waals surface area contributed by atoms with Crippen LogP contribution in [0.15, 0.2) is 81.6 Å². The van der Waals surface area contributed by atoms with Gasteiger partial charge in [-0.15, -0.1) is 0 Å². The van der Waals surface area contributed by atoms with E-state index in [0.29, 0.717) is 45.0 Å². The maximum atomic E-state index is 12.7.